The predicted octanol–water partition coefficient (Wildman–Crippen LogP) is 4.61. The fraction of sp³-hybridized carbons (Fsp3) is 0.273. The van der Waals surface area contributed by atoms with Gasteiger partial charge in [-0.05, 0) is 49.0 Å². The highest BCUT2D eigenvalue weighted by molar-refractivity contribution is 5.98. The van der Waals surface area contributed by atoms with E-state index in [1.807, 2.05) is 54.6 Å². The second kappa shape index (κ2) is 9.02. The van der Waals surface area contributed by atoms with Crippen molar-refractivity contribution in [2.75, 3.05) is 26.2 Å². The van der Waals surface area contributed by atoms with Crippen molar-refractivity contribution in [3.8, 4) is 11.8 Å². The number of fused-ring (bicyclic) bond motifs is 1. The highest BCUT2D eigenvalue weighted by Crippen LogP contribution is 2.26. The first-order chi connectivity index (χ1) is 13.2. The van der Waals surface area contributed by atoms with Crippen molar-refractivity contribution < 1.29 is 9.26 Å². The van der Waals surface area contributed by atoms with E-state index in [2.05, 4.69) is 30.0 Å². The number of hydrogen-bond acceptors (Lipinski definition) is 5. The summed E-state index contributed by atoms with van der Waals surface area (Å²) < 4.78 is 11.1. The Morgan fingerprint density at radius 3 is 2.59 bits per heavy atom. The van der Waals surface area contributed by atoms with Gasteiger partial charge in [-0.2, -0.15) is 5.26 Å². The molecular weight excluding hydrogens is 338 g/mol. The van der Waals surface area contributed by atoms with Gasteiger partial charge in [0.1, 0.15) is 24.1 Å². The third kappa shape index (κ3) is 4.55. The fourth-order valence-electron chi connectivity index (χ4n) is 2.89. The molecule has 0 aliphatic rings. The molecule has 0 atom stereocenters. The van der Waals surface area contributed by atoms with Crippen LogP contribution in [0.2, 0.25) is 0 Å². The first-order valence-electron chi connectivity index (χ1n) is 9.17. The monoisotopic (exact) mass is 361 g/mol. The molecule has 138 valence electrons. The molecule has 0 amide bonds. The van der Waals surface area contributed by atoms with E-state index in [-0.39, 0.29) is 0 Å². The third-order valence-electron chi connectivity index (χ3n) is 4.51. The van der Waals surface area contributed by atoms with Crippen molar-refractivity contribution in [1.29, 1.82) is 5.26 Å². The van der Waals surface area contributed by atoms with Gasteiger partial charge in [0.05, 0.1) is 11.0 Å². The zero-order valence-corrected chi connectivity index (χ0v) is 15.7. The van der Waals surface area contributed by atoms with Gasteiger partial charge in [0, 0.05) is 6.54 Å². The molecule has 0 radical (unpaired) electrons. The third-order valence-corrected chi connectivity index (χ3v) is 4.51. The van der Waals surface area contributed by atoms with E-state index in [9.17, 15) is 5.26 Å². The zero-order chi connectivity index (χ0) is 19.1. The van der Waals surface area contributed by atoms with Gasteiger partial charge in [0.2, 0.25) is 0 Å². The standard InChI is InChI=1S/C22H23N3O2/c1-3-25(4-2)13-14-26-19-11-9-17(10-12-19)15-18(16-23)22-20-7-5-6-8-21(20)27-24-22/h5-12,15H,3-4,13-14H2,1-2H3/b18-15+. The number of hydrogen-bond donors (Lipinski definition) is 0. The van der Waals surface area contributed by atoms with E-state index in [1.165, 1.54) is 0 Å². The molecule has 5 nitrogen and oxygen atoms in total. The summed E-state index contributed by atoms with van der Waals surface area (Å²) >= 11 is 0. The first-order valence-corrected chi connectivity index (χ1v) is 9.17. The molecule has 0 bridgehead atoms. The van der Waals surface area contributed by atoms with Gasteiger partial charge in [0.15, 0.2) is 5.58 Å². The van der Waals surface area contributed by atoms with E-state index in [1.54, 1.807) is 0 Å². The molecule has 0 N–H and O–H groups in total. The molecule has 5 heteroatoms. The highest BCUT2D eigenvalue weighted by atomic mass is 16.5. The average Bonchev–Trinajstić information content (AvgIpc) is 3.14. The minimum Gasteiger partial charge on any atom is -0.492 e. The minimum atomic E-state index is 0.468. The Hall–Kier alpha value is -3.10. The number of allylic oxidation sites excluding steroid dienone is 1. The second-order valence-electron chi connectivity index (χ2n) is 6.14. The lowest BCUT2D eigenvalue weighted by atomic mass is 10.1. The van der Waals surface area contributed by atoms with Crippen LogP contribution in [0.3, 0.4) is 0 Å². The van der Waals surface area contributed by atoms with Crippen molar-refractivity contribution in [1.82, 2.24) is 10.1 Å². The Balaban J connectivity index is 1.71. The zero-order valence-electron chi connectivity index (χ0n) is 15.7. The van der Waals surface area contributed by atoms with Gasteiger partial charge >= 0.3 is 0 Å². The van der Waals surface area contributed by atoms with Crippen LogP contribution in [-0.4, -0.2) is 36.3 Å². The number of benzene rings is 2. The van der Waals surface area contributed by atoms with E-state index >= 15 is 0 Å². The maximum atomic E-state index is 9.56. The van der Waals surface area contributed by atoms with Crippen LogP contribution in [0.15, 0.2) is 53.1 Å². The molecule has 0 unspecified atom stereocenters. The topological polar surface area (TPSA) is 62.3 Å². The van der Waals surface area contributed by atoms with Crippen molar-refractivity contribution in [2.45, 2.75) is 13.8 Å². The molecule has 1 aromatic heterocycles. The minimum absolute atomic E-state index is 0.468. The maximum absolute atomic E-state index is 9.56. The Morgan fingerprint density at radius 2 is 1.89 bits per heavy atom. The van der Waals surface area contributed by atoms with Crippen LogP contribution in [-0.2, 0) is 0 Å². The van der Waals surface area contributed by atoms with Gasteiger partial charge in [0.25, 0.3) is 0 Å². The van der Waals surface area contributed by atoms with Crippen molar-refractivity contribution >= 4 is 22.6 Å². The lowest BCUT2D eigenvalue weighted by molar-refractivity contribution is 0.223. The summed E-state index contributed by atoms with van der Waals surface area (Å²) in [6.45, 7) is 7.91. The van der Waals surface area contributed by atoms with Crippen molar-refractivity contribution in [2.24, 2.45) is 0 Å². The van der Waals surface area contributed by atoms with Crippen molar-refractivity contribution in [3.63, 3.8) is 0 Å². The Labute approximate surface area is 159 Å². The lowest BCUT2D eigenvalue weighted by Gasteiger charge is -2.17. The molecule has 0 fully saturated rings. The van der Waals surface area contributed by atoms with Crippen LogP contribution >= 0.6 is 0 Å². The summed E-state index contributed by atoms with van der Waals surface area (Å²) in [5, 5.41) is 14.5. The molecule has 0 saturated carbocycles. The normalized spacial score (nSPS) is 11.7. The van der Waals surface area contributed by atoms with Gasteiger partial charge < -0.3 is 14.2 Å². The fourth-order valence-corrected chi connectivity index (χ4v) is 2.89. The number of ether oxygens (including phenoxy) is 1. The Bertz CT molecular complexity index is 948. The van der Waals surface area contributed by atoms with E-state index in [4.69, 9.17) is 9.26 Å². The first kappa shape index (κ1) is 18.7. The number of nitrogens with zero attached hydrogens (tertiary/aromatic N) is 3. The molecule has 0 aliphatic carbocycles. The number of para-hydroxylation sites is 1. The highest BCUT2D eigenvalue weighted by Gasteiger charge is 2.12. The van der Waals surface area contributed by atoms with Crippen molar-refractivity contribution in [3.05, 3.63) is 59.8 Å². The molecule has 0 saturated heterocycles. The Morgan fingerprint density at radius 1 is 1.15 bits per heavy atom. The quantitative estimate of drug-likeness (QED) is 0.548. The van der Waals surface area contributed by atoms with Crippen LogP contribution in [0, 0.1) is 11.3 Å². The molecule has 1 heterocycles. The second-order valence-corrected chi connectivity index (χ2v) is 6.14. The molecule has 0 aliphatic heterocycles. The molecule has 27 heavy (non-hydrogen) atoms. The van der Waals surface area contributed by atoms with Crippen LogP contribution < -0.4 is 4.74 Å². The summed E-state index contributed by atoms with van der Waals surface area (Å²) in [6.07, 6.45) is 1.81. The number of rotatable bonds is 8. The van der Waals surface area contributed by atoms with Gasteiger partial charge in [-0.1, -0.05) is 43.3 Å². The average molecular weight is 361 g/mol. The molecule has 3 rings (SSSR count). The number of nitriles is 1. The summed E-state index contributed by atoms with van der Waals surface area (Å²) in [5.74, 6) is 0.824. The van der Waals surface area contributed by atoms with E-state index < -0.39 is 0 Å². The molecule has 3 aromatic rings. The van der Waals surface area contributed by atoms with Crippen LogP contribution in [0.5, 0.6) is 5.75 Å². The SMILES string of the molecule is CCN(CC)CCOc1ccc(/C=C(\C#N)c2noc3ccccc23)cc1. The lowest BCUT2D eigenvalue weighted by Crippen LogP contribution is -2.27. The van der Waals surface area contributed by atoms with E-state index in [0.29, 0.717) is 23.5 Å². The largest absolute Gasteiger partial charge is 0.492 e. The molecular formula is C22H23N3O2. The number of aromatic nitrogens is 1. The molecule has 2 aromatic carbocycles. The predicted molar refractivity (Wildman–Crippen MR) is 107 cm³/mol. The van der Waals surface area contributed by atoms with Gasteiger partial charge in [-0.15, -0.1) is 0 Å². The summed E-state index contributed by atoms with van der Waals surface area (Å²) in [7, 11) is 0. The van der Waals surface area contributed by atoms with Crippen LogP contribution in [0.4, 0.5) is 0 Å². The maximum Gasteiger partial charge on any atom is 0.167 e. The summed E-state index contributed by atoms with van der Waals surface area (Å²) in [5.41, 5.74) is 2.61. The van der Waals surface area contributed by atoms with Gasteiger partial charge in [-0.3, -0.25) is 0 Å². The van der Waals surface area contributed by atoms with E-state index in [0.717, 1.165) is 36.3 Å². The smallest absolute Gasteiger partial charge is 0.167 e. The summed E-state index contributed by atoms with van der Waals surface area (Å²) in [4.78, 5) is 2.32. The van der Waals surface area contributed by atoms with Crippen LogP contribution in [0.1, 0.15) is 25.1 Å². The molecule has 0 spiro atoms. The van der Waals surface area contributed by atoms with Gasteiger partial charge in [-0.25, -0.2) is 0 Å². The Kier molecular flexibility index (Phi) is 6.24. The number of likely N-dealkylation sites (N-methyl/N-ethyl adjacent to an activating group) is 1. The summed E-state index contributed by atoms with van der Waals surface area (Å²) in [6, 6.07) is 17.5. The van der Waals surface area contributed by atoms with Crippen LogP contribution in [0.25, 0.3) is 22.6 Å².